The van der Waals surface area contributed by atoms with Gasteiger partial charge in [-0.1, -0.05) is 17.7 Å². The van der Waals surface area contributed by atoms with Crippen LogP contribution in [0.25, 0.3) is 0 Å². The van der Waals surface area contributed by atoms with Crippen LogP contribution in [0.5, 0.6) is 0 Å². The molecule has 214 valence electrons. The smallest absolute Gasteiger partial charge is 0.338 e. The van der Waals surface area contributed by atoms with Crippen molar-refractivity contribution in [3.63, 3.8) is 0 Å². The monoisotopic (exact) mass is 600 g/mol. The van der Waals surface area contributed by atoms with Crippen LogP contribution >= 0.6 is 22.9 Å². The van der Waals surface area contributed by atoms with E-state index in [1.807, 2.05) is 0 Å². The Kier molecular flexibility index (Phi) is 7.74. The van der Waals surface area contributed by atoms with E-state index in [9.17, 15) is 18.4 Å². The molecule has 8 nitrogen and oxygen atoms in total. The summed E-state index contributed by atoms with van der Waals surface area (Å²) in [4.78, 5) is 38.3. The van der Waals surface area contributed by atoms with Gasteiger partial charge in [-0.05, 0) is 44.6 Å². The molecule has 0 amide bonds. The number of halogens is 3. The van der Waals surface area contributed by atoms with Crippen molar-refractivity contribution in [2.24, 2.45) is 16.8 Å². The van der Waals surface area contributed by atoms with Crippen LogP contribution in [-0.4, -0.2) is 35.2 Å². The number of rotatable bonds is 6. The first-order chi connectivity index (χ1) is 19.9. The lowest BCUT2D eigenvalue weighted by Crippen LogP contribution is -2.38. The largest absolute Gasteiger partial charge is 0.466 e. The second-order valence-corrected chi connectivity index (χ2v) is 11.8. The number of aryl methyl sites for hydroxylation is 1. The third kappa shape index (κ3) is 5.21. The maximum absolute atomic E-state index is 14.6. The van der Waals surface area contributed by atoms with Crippen LogP contribution in [-0.2, 0) is 27.2 Å². The van der Waals surface area contributed by atoms with E-state index in [1.165, 1.54) is 24.5 Å². The predicted octanol–water partition coefficient (Wildman–Crippen LogP) is 5.86. The number of benzene rings is 1. The van der Waals surface area contributed by atoms with Crippen molar-refractivity contribution < 1.29 is 27.5 Å². The van der Waals surface area contributed by atoms with Crippen molar-refractivity contribution in [2.75, 3.05) is 7.11 Å². The molecule has 1 N–H and O–H groups in total. The number of allylic oxidation sites excluding steroid dienone is 1. The number of esters is 1. The quantitative estimate of drug-likeness (QED) is 0.215. The summed E-state index contributed by atoms with van der Waals surface area (Å²) >= 11 is 7.63. The van der Waals surface area contributed by atoms with E-state index in [4.69, 9.17) is 30.7 Å². The number of nitrogens with zero attached hydrogens (tertiary/aromatic N) is 3. The molecule has 2 atom stereocenters. The summed E-state index contributed by atoms with van der Waals surface area (Å²) in [5.41, 5.74) is 1.77. The second-order valence-electron chi connectivity index (χ2n) is 10.5. The van der Waals surface area contributed by atoms with E-state index >= 15 is 0 Å². The van der Waals surface area contributed by atoms with E-state index in [0.29, 0.717) is 41.7 Å². The Hall–Kier alpha value is -3.44. The lowest BCUT2D eigenvalue weighted by Gasteiger charge is -2.32. The third-order valence-electron chi connectivity index (χ3n) is 8.15. The number of methoxy groups -OCH3 is 1. The number of fused-ring (bicyclic) bond motifs is 1. The fourth-order valence-corrected chi connectivity index (χ4v) is 6.81. The topological polar surface area (TPSA) is 107 Å². The number of carbonyl (C=O) groups excluding carboxylic acids is 2. The molecule has 0 radical (unpaired) electrons. The van der Waals surface area contributed by atoms with Gasteiger partial charge in [0.15, 0.2) is 28.4 Å². The van der Waals surface area contributed by atoms with Crippen LogP contribution in [0.1, 0.15) is 72.0 Å². The van der Waals surface area contributed by atoms with Crippen LogP contribution in [0.2, 0.25) is 5.02 Å². The van der Waals surface area contributed by atoms with Gasteiger partial charge in [-0.3, -0.25) is 4.99 Å². The van der Waals surface area contributed by atoms with Crippen LogP contribution in [0, 0.1) is 23.5 Å². The summed E-state index contributed by atoms with van der Waals surface area (Å²) in [7, 11) is 1.26. The minimum atomic E-state index is -1.21. The van der Waals surface area contributed by atoms with Crippen molar-refractivity contribution in [2.45, 2.75) is 56.9 Å². The molecule has 3 aromatic rings. The van der Waals surface area contributed by atoms with Gasteiger partial charge in [0.1, 0.15) is 18.1 Å². The molecular formula is C29H27ClF2N4O4S. The Morgan fingerprint density at radius 1 is 1.20 bits per heavy atom. The van der Waals surface area contributed by atoms with Crippen molar-refractivity contribution in [3.8, 4) is 0 Å². The zero-order valence-electron chi connectivity index (χ0n) is 22.2. The lowest BCUT2D eigenvalue weighted by molar-refractivity contribution is -0.136. The maximum Gasteiger partial charge on any atom is 0.338 e. The van der Waals surface area contributed by atoms with Crippen molar-refractivity contribution in [1.82, 2.24) is 15.3 Å². The van der Waals surface area contributed by atoms with E-state index in [-0.39, 0.29) is 28.9 Å². The lowest BCUT2D eigenvalue weighted by atomic mass is 9.82. The molecule has 2 aliphatic carbocycles. The maximum atomic E-state index is 14.6. The van der Waals surface area contributed by atoms with Gasteiger partial charge in [0, 0.05) is 47.0 Å². The van der Waals surface area contributed by atoms with E-state index in [1.54, 1.807) is 11.6 Å². The van der Waals surface area contributed by atoms with Crippen LogP contribution < -0.4 is 5.32 Å². The molecule has 0 spiro atoms. The van der Waals surface area contributed by atoms with Gasteiger partial charge < -0.3 is 19.3 Å². The molecule has 1 saturated carbocycles. The minimum absolute atomic E-state index is 0.103. The number of amidine groups is 1. The number of thiazole rings is 1. The predicted molar refractivity (Wildman–Crippen MR) is 148 cm³/mol. The fourth-order valence-electron chi connectivity index (χ4n) is 5.97. The number of oxazole rings is 1. The Morgan fingerprint density at radius 3 is 2.71 bits per heavy atom. The summed E-state index contributed by atoms with van der Waals surface area (Å²) < 4.78 is 40.0. The van der Waals surface area contributed by atoms with Gasteiger partial charge in [0.2, 0.25) is 0 Å². The van der Waals surface area contributed by atoms with Crippen LogP contribution in [0.4, 0.5) is 8.78 Å². The number of hydrogen-bond donors (Lipinski definition) is 1. The summed E-state index contributed by atoms with van der Waals surface area (Å²) in [5, 5.41) is 5.23. The Bertz CT molecular complexity index is 1550. The van der Waals surface area contributed by atoms with Gasteiger partial charge in [0.25, 0.3) is 0 Å². The summed E-state index contributed by atoms with van der Waals surface area (Å²) in [6.07, 6.45) is 7.80. The van der Waals surface area contributed by atoms with Crippen molar-refractivity contribution >= 4 is 41.0 Å². The Balaban J connectivity index is 1.38. The number of hydrogen-bond acceptors (Lipinski definition) is 9. The molecule has 6 rings (SSSR count). The molecule has 0 saturated heterocycles. The van der Waals surface area contributed by atoms with Crippen molar-refractivity contribution in [1.29, 1.82) is 0 Å². The van der Waals surface area contributed by atoms with Crippen LogP contribution in [0.15, 0.2) is 44.4 Å². The highest BCUT2D eigenvalue weighted by Crippen LogP contribution is 2.43. The van der Waals surface area contributed by atoms with E-state index in [0.717, 1.165) is 49.5 Å². The first kappa shape index (κ1) is 27.7. The summed E-state index contributed by atoms with van der Waals surface area (Å²) in [5.74, 6) is -1.04. The zero-order valence-corrected chi connectivity index (χ0v) is 23.7. The normalized spacial score (nSPS) is 24.3. The standard InChI is InChI=1S/C29H27ClF2N4O4S/c1-39-29(38)21-24(16-6-9-19-20(12-16)40-27(34-19)15-4-2-14(13-37)3-5-15)35-26(28-33-10-11-41-28)36-25(21)17-7-8-18(31)23(32)22(17)30/h7-8,10-11,13-16,25H,2-6,9,12H2,1H3,(H,35,36). The molecular weight excluding hydrogens is 574 g/mol. The number of aromatic nitrogens is 2. The summed E-state index contributed by atoms with van der Waals surface area (Å²) in [6, 6.07) is 1.25. The molecule has 0 bridgehead atoms. The SMILES string of the molecule is COC(=O)C1=C(C2CCc3nc(C4CCC(C=O)CC4)oc3C2)NC(c2nccs2)=NC1c1ccc(F)c(F)c1Cl. The van der Waals surface area contributed by atoms with Gasteiger partial charge in [-0.2, -0.15) is 0 Å². The fraction of sp³-hybridized carbons (Fsp3) is 0.414. The zero-order chi connectivity index (χ0) is 28.7. The van der Waals surface area contributed by atoms with E-state index < -0.39 is 28.7 Å². The summed E-state index contributed by atoms with van der Waals surface area (Å²) in [6.45, 7) is 0. The molecule has 12 heteroatoms. The molecule has 2 unspecified atom stereocenters. The van der Waals surface area contributed by atoms with Gasteiger partial charge in [-0.15, -0.1) is 11.3 Å². The molecule has 1 fully saturated rings. The van der Waals surface area contributed by atoms with E-state index in [2.05, 4.69) is 10.3 Å². The molecule has 1 aromatic carbocycles. The van der Waals surface area contributed by atoms with Gasteiger partial charge >= 0.3 is 5.97 Å². The molecule has 2 aromatic heterocycles. The number of nitrogens with one attached hydrogen (secondary N) is 1. The number of ether oxygens (including phenoxy) is 1. The first-order valence-electron chi connectivity index (χ1n) is 13.5. The number of carbonyl (C=O) groups is 2. The molecule has 41 heavy (non-hydrogen) atoms. The molecule has 1 aliphatic heterocycles. The Labute approximate surface area is 243 Å². The highest BCUT2D eigenvalue weighted by atomic mass is 35.5. The molecule has 3 heterocycles. The number of aliphatic imine (C=N–C) groups is 1. The van der Waals surface area contributed by atoms with Crippen molar-refractivity contribution in [3.05, 3.63) is 79.6 Å². The molecule has 3 aliphatic rings. The second kappa shape index (κ2) is 11.4. The first-order valence-corrected chi connectivity index (χ1v) is 14.8. The third-order valence-corrected chi connectivity index (χ3v) is 9.32. The average Bonchev–Trinajstić information content (AvgIpc) is 3.69. The van der Waals surface area contributed by atoms with Crippen LogP contribution in [0.3, 0.4) is 0 Å². The number of aldehydes is 1. The Morgan fingerprint density at radius 2 is 2.00 bits per heavy atom. The minimum Gasteiger partial charge on any atom is -0.466 e. The average molecular weight is 601 g/mol. The highest BCUT2D eigenvalue weighted by Gasteiger charge is 2.39. The highest BCUT2D eigenvalue weighted by molar-refractivity contribution is 7.11. The van der Waals surface area contributed by atoms with Gasteiger partial charge in [0.05, 0.1) is 23.4 Å². The van der Waals surface area contributed by atoms with Gasteiger partial charge in [-0.25, -0.2) is 23.5 Å².